The molecule has 0 aliphatic carbocycles. The van der Waals surface area contributed by atoms with Crippen LogP contribution in [0.2, 0.25) is 0 Å². The van der Waals surface area contributed by atoms with Crippen LogP contribution in [0.15, 0.2) is 16.9 Å². The summed E-state index contributed by atoms with van der Waals surface area (Å²) in [6.45, 7) is 10.8. The number of carbonyl (C=O) groups is 2. The Kier molecular flexibility index (Phi) is 8.29. The maximum Gasteiger partial charge on any atom is 0.407 e. The molecule has 0 spiro atoms. The number of anilines is 1. The molecule has 3 rings (SSSR count). The SMILES string of the molecule is CCN(c1cc(F)cc(C(=O)NCc2c(C)c(F)c(C)n(C)c2=O)c1C)C1C[C@@H](C)N(C(=O)O)[C@H](C)C1. The van der Waals surface area contributed by atoms with Crippen molar-refractivity contribution in [2.24, 2.45) is 7.05 Å². The summed E-state index contributed by atoms with van der Waals surface area (Å²) >= 11 is 0. The second-order valence-corrected chi connectivity index (χ2v) is 9.95. The topological polar surface area (TPSA) is 94.9 Å². The molecule has 1 saturated heterocycles. The van der Waals surface area contributed by atoms with E-state index in [9.17, 15) is 28.3 Å². The number of nitrogens with one attached hydrogen (secondary N) is 1. The molecule has 37 heavy (non-hydrogen) atoms. The zero-order valence-electron chi connectivity index (χ0n) is 22.5. The molecule has 2 atom stereocenters. The van der Waals surface area contributed by atoms with Gasteiger partial charge in [-0.05, 0) is 77.6 Å². The van der Waals surface area contributed by atoms with E-state index in [2.05, 4.69) is 5.32 Å². The Morgan fingerprint density at radius 1 is 1.11 bits per heavy atom. The molecule has 1 aromatic heterocycles. The van der Waals surface area contributed by atoms with Crippen LogP contribution in [0.1, 0.15) is 66.4 Å². The Bertz CT molecular complexity index is 1260. The Labute approximate surface area is 215 Å². The van der Waals surface area contributed by atoms with Gasteiger partial charge in [0.2, 0.25) is 0 Å². The number of carbonyl (C=O) groups excluding carboxylic acids is 1. The molecule has 1 aliphatic heterocycles. The fraction of sp³-hybridized carbons (Fsp3) is 0.519. The Morgan fingerprint density at radius 2 is 1.70 bits per heavy atom. The van der Waals surface area contributed by atoms with Gasteiger partial charge in [-0.2, -0.15) is 0 Å². The average molecular weight is 519 g/mol. The highest BCUT2D eigenvalue weighted by Crippen LogP contribution is 2.33. The van der Waals surface area contributed by atoms with Crippen molar-refractivity contribution in [2.45, 2.75) is 79.1 Å². The number of hydrogen-bond acceptors (Lipinski definition) is 4. The molecule has 202 valence electrons. The third-order valence-electron chi connectivity index (χ3n) is 7.67. The predicted molar refractivity (Wildman–Crippen MR) is 138 cm³/mol. The molecular formula is C27H36F2N4O4. The van der Waals surface area contributed by atoms with E-state index in [1.54, 1.807) is 6.92 Å². The van der Waals surface area contributed by atoms with Gasteiger partial charge in [-0.1, -0.05) is 0 Å². The van der Waals surface area contributed by atoms with Crippen LogP contribution in [0.5, 0.6) is 0 Å². The zero-order valence-corrected chi connectivity index (χ0v) is 22.5. The molecule has 0 unspecified atom stereocenters. The fourth-order valence-corrected chi connectivity index (χ4v) is 5.54. The van der Waals surface area contributed by atoms with E-state index in [0.717, 1.165) is 6.07 Å². The van der Waals surface area contributed by atoms with Gasteiger partial charge in [-0.3, -0.25) is 9.59 Å². The standard InChI is InChI=1S/C27H36F2N4O4/c1-8-32(20-9-14(2)33(27(36)37)15(3)10-20)23-12-19(28)11-21(16(23)4)25(34)30-13-22-17(5)24(29)18(6)31(7)26(22)35/h11-12,14-15,20H,8-10,13H2,1-7H3,(H,30,34)(H,36,37)/t14-,15-/m1/s1. The van der Waals surface area contributed by atoms with Gasteiger partial charge in [0.15, 0.2) is 0 Å². The number of nitrogens with zero attached hydrogens (tertiary/aromatic N) is 3. The number of piperidine rings is 1. The van der Waals surface area contributed by atoms with Crippen LogP contribution in [0.25, 0.3) is 0 Å². The van der Waals surface area contributed by atoms with Crippen molar-refractivity contribution in [3.8, 4) is 0 Å². The van der Waals surface area contributed by atoms with Crippen LogP contribution >= 0.6 is 0 Å². The number of halogens is 2. The summed E-state index contributed by atoms with van der Waals surface area (Å²) in [5.41, 5.74) is 1.37. The number of rotatable bonds is 6. The van der Waals surface area contributed by atoms with Crippen molar-refractivity contribution in [2.75, 3.05) is 11.4 Å². The maximum absolute atomic E-state index is 14.8. The second-order valence-electron chi connectivity index (χ2n) is 9.95. The molecule has 1 aromatic carbocycles. The number of benzene rings is 1. The van der Waals surface area contributed by atoms with Crippen molar-refractivity contribution in [1.82, 2.24) is 14.8 Å². The first-order valence-electron chi connectivity index (χ1n) is 12.5. The molecule has 2 N–H and O–H groups in total. The van der Waals surface area contributed by atoms with Crippen molar-refractivity contribution in [3.63, 3.8) is 0 Å². The van der Waals surface area contributed by atoms with Crippen molar-refractivity contribution in [1.29, 1.82) is 0 Å². The van der Waals surface area contributed by atoms with Crippen LogP contribution in [0.3, 0.4) is 0 Å². The first-order valence-corrected chi connectivity index (χ1v) is 12.5. The Hall–Kier alpha value is -3.43. The number of carboxylic acid groups (broad SMARTS) is 1. The summed E-state index contributed by atoms with van der Waals surface area (Å²) in [7, 11) is 1.47. The van der Waals surface area contributed by atoms with E-state index in [1.165, 1.54) is 36.4 Å². The third-order valence-corrected chi connectivity index (χ3v) is 7.67. The molecule has 2 aromatic rings. The highest BCUT2D eigenvalue weighted by atomic mass is 19.1. The van der Waals surface area contributed by atoms with Crippen molar-refractivity contribution in [3.05, 3.63) is 62.1 Å². The molecule has 2 amide bonds. The first-order chi connectivity index (χ1) is 17.3. The third kappa shape index (κ3) is 5.33. The lowest BCUT2D eigenvalue weighted by molar-refractivity contribution is 0.0762. The summed E-state index contributed by atoms with van der Waals surface area (Å²) < 4.78 is 30.5. The summed E-state index contributed by atoms with van der Waals surface area (Å²) in [5.74, 6) is -1.66. The molecular weight excluding hydrogens is 482 g/mol. The number of pyridine rings is 1. The maximum atomic E-state index is 14.8. The van der Waals surface area contributed by atoms with Crippen LogP contribution in [0, 0.1) is 32.4 Å². The minimum atomic E-state index is -0.957. The lowest BCUT2D eigenvalue weighted by Gasteiger charge is -2.45. The quantitative estimate of drug-likeness (QED) is 0.596. The van der Waals surface area contributed by atoms with E-state index >= 15 is 0 Å². The van der Waals surface area contributed by atoms with Gasteiger partial charge < -0.3 is 24.8 Å². The summed E-state index contributed by atoms with van der Waals surface area (Å²) in [6.07, 6.45) is 0.188. The minimum absolute atomic E-state index is 0.0387. The van der Waals surface area contributed by atoms with E-state index < -0.39 is 29.2 Å². The lowest BCUT2D eigenvalue weighted by atomic mass is 9.91. The average Bonchev–Trinajstić information content (AvgIpc) is 2.83. The summed E-state index contributed by atoms with van der Waals surface area (Å²) in [4.78, 5) is 40.9. The minimum Gasteiger partial charge on any atom is -0.465 e. The van der Waals surface area contributed by atoms with Crippen LogP contribution < -0.4 is 15.8 Å². The van der Waals surface area contributed by atoms with E-state index in [0.29, 0.717) is 30.6 Å². The Balaban J connectivity index is 1.90. The van der Waals surface area contributed by atoms with Gasteiger partial charge in [0.1, 0.15) is 11.6 Å². The summed E-state index contributed by atoms with van der Waals surface area (Å²) in [6, 6.07) is 2.09. The van der Waals surface area contributed by atoms with Gasteiger partial charge in [0.25, 0.3) is 11.5 Å². The van der Waals surface area contributed by atoms with Crippen molar-refractivity contribution >= 4 is 17.7 Å². The predicted octanol–water partition coefficient (Wildman–Crippen LogP) is 4.26. The molecule has 1 fully saturated rings. The van der Waals surface area contributed by atoms with Gasteiger partial charge in [0.05, 0.1) is 5.69 Å². The van der Waals surface area contributed by atoms with E-state index in [1.807, 2.05) is 25.7 Å². The first kappa shape index (κ1) is 28.1. The van der Waals surface area contributed by atoms with Gasteiger partial charge in [-0.15, -0.1) is 0 Å². The lowest BCUT2D eigenvalue weighted by Crippen LogP contribution is -2.55. The molecule has 10 heteroatoms. The number of aromatic nitrogens is 1. The smallest absolute Gasteiger partial charge is 0.407 e. The normalized spacial score (nSPS) is 19.6. The number of likely N-dealkylation sites (tertiary alicyclic amines) is 1. The number of amides is 2. The van der Waals surface area contributed by atoms with Crippen LogP contribution in [-0.2, 0) is 13.6 Å². The molecule has 0 bridgehead atoms. The fourth-order valence-electron chi connectivity index (χ4n) is 5.54. The molecule has 8 nitrogen and oxygen atoms in total. The highest BCUT2D eigenvalue weighted by Gasteiger charge is 2.37. The highest BCUT2D eigenvalue weighted by molar-refractivity contribution is 5.97. The Morgan fingerprint density at radius 3 is 2.24 bits per heavy atom. The largest absolute Gasteiger partial charge is 0.465 e. The second kappa shape index (κ2) is 10.9. The van der Waals surface area contributed by atoms with E-state index in [-0.39, 0.29) is 47.1 Å². The van der Waals surface area contributed by atoms with Gasteiger partial charge >= 0.3 is 6.09 Å². The van der Waals surface area contributed by atoms with Gasteiger partial charge in [-0.25, -0.2) is 13.6 Å². The zero-order chi connectivity index (χ0) is 27.8. The molecule has 0 radical (unpaired) electrons. The monoisotopic (exact) mass is 518 g/mol. The van der Waals surface area contributed by atoms with Crippen LogP contribution in [-0.4, -0.2) is 51.2 Å². The molecule has 2 heterocycles. The van der Waals surface area contributed by atoms with Crippen molar-refractivity contribution < 1.29 is 23.5 Å². The van der Waals surface area contributed by atoms with Crippen LogP contribution in [0.4, 0.5) is 19.3 Å². The van der Waals surface area contributed by atoms with Gasteiger partial charge in [0, 0.05) is 55.1 Å². The summed E-state index contributed by atoms with van der Waals surface area (Å²) in [5, 5.41) is 12.2. The molecule has 1 aliphatic rings. The van der Waals surface area contributed by atoms with E-state index in [4.69, 9.17) is 0 Å². The number of hydrogen-bond donors (Lipinski definition) is 2. The molecule has 0 saturated carbocycles.